The van der Waals surface area contributed by atoms with E-state index in [9.17, 15) is 22.8 Å². The lowest BCUT2D eigenvalue weighted by Gasteiger charge is -2.35. The van der Waals surface area contributed by atoms with Gasteiger partial charge in [0.1, 0.15) is 11.8 Å². The second-order valence-electron chi connectivity index (χ2n) is 7.39. The third-order valence-corrected chi connectivity index (χ3v) is 5.70. The Morgan fingerprint density at radius 2 is 1.77 bits per heavy atom. The lowest BCUT2D eigenvalue weighted by Crippen LogP contribution is -2.53. The lowest BCUT2D eigenvalue weighted by atomic mass is 10.2. The number of ether oxygens (including phenoxy) is 1. The van der Waals surface area contributed by atoms with Crippen LogP contribution in [0, 0.1) is 0 Å². The van der Waals surface area contributed by atoms with Crippen LogP contribution in [0.1, 0.15) is 29.0 Å². The molecule has 0 N–H and O–H groups in total. The van der Waals surface area contributed by atoms with Gasteiger partial charge in [-0.1, -0.05) is 23.7 Å². The summed E-state index contributed by atoms with van der Waals surface area (Å²) in [5.41, 5.74) is -1.24. The van der Waals surface area contributed by atoms with E-state index in [0.29, 0.717) is 13.0 Å². The van der Waals surface area contributed by atoms with Crippen LogP contribution in [0.15, 0.2) is 30.3 Å². The largest absolute Gasteiger partial charge is 0.435 e. The third kappa shape index (κ3) is 4.40. The summed E-state index contributed by atoms with van der Waals surface area (Å²) >= 11 is 6.14. The Morgan fingerprint density at radius 3 is 2.39 bits per heavy atom. The summed E-state index contributed by atoms with van der Waals surface area (Å²) in [5.74, 6) is -0.711. The quantitative estimate of drug-likeness (QED) is 0.712. The number of carbonyl (C=O) groups excluding carboxylic acids is 2. The van der Waals surface area contributed by atoms with E-state index in [-0.39, 0.29) is 48.5 Å². The first-order chi connectivity index (χ1) is 14.8. The summed E-state index contributed by atoms with van der Waals surface area (Å²) in [6.07, 6.45) is -3.65. The number of para-hydroxylation sites is 1. The molecule has 4 rings (SSSR count). The van der Waals surface area contributed by atoms with Crippen molar-refractivity contribution >= 4 is 23.4 Å². The Hall–Kier alpha value is -2.59. The number of benzene rings is 1. The van der Waals surface area contributed by atoms with E-state index in [1.165, 1.54) is 17.0 Å². The van der Waals surface area contributed by atoms with Crippen LogP contribution in [-0.4, -0.2) is 70.3 Å². The summed E-state index contributed by atoms with van der Waals surface area (Å²) < 4.78 is 46.3. The molecule has 0 bridgehead atoms. The Bertz CT molecular complexity index is 980. The Balaban J connectivity index is 1.55. The lowest BCUT2D eigenvalue weighted by molar-refractivity contribution is -0.142. The number of amides is 2. The molecule has 1 aromatic carbocycles. The van der Waals surface area contributed by atoms with E-state index in [1.54, 1.807) is 17.0 Å². The molecule has 7 nitrogen and oxygen atoms in total. The number of hydrogen-bond acceptors (Lipinski definition) is 4. The first-order valence-electron chi connectivity index (χ1n) is 9.87. The van der Waals surface area contributed by atoms with Crippen molar-refractivity contribution in [3.8, 4) is 5.69 Å². The SMILES string of the molecule is O=C(c1cc(C(F)(F)F)nn1-c1ccccc1Cl)N1CCN(C(=O)C2CCCO2)CC1. The van der Waals surface area contributed by atoms with Gasteiger partial charge in [-0.05, 0) is 25.0 Å². The molecule has 0 radical (unpaired) electrons. The minimum Gasteiger partial charge on any atom is -0.368 e. The van der Waals surface area contributed by atoms with E-state index in [1.807, 2.05) is 0 Å². The second kappa shape index (κ2) is 8.51. The molecule has 0 saturated carbocycles. The van der Waals surface area contributed by atoms with Crippen molar-refractivity contribution in [2.24, 2.45) is 0 Å². The summed E-state index contributed by atoms with van der Waals surface area (Å²) in [7, 11) is 0. The van der Waals surface area contributed by atoms with Crippen molar-refractivity contribution < 1.29 is 27.5 Å². The van der Waals surface area contributed by atoms with Crippen LogP contribution in [0.25, 0.3) is 5.69 Å². The predicted octanol–water partition coefficient (Wildman–Crippen LogP) is 3.01. The zero-order valence-corrected chi connectivity index (χ0v) is 17.2. The van der Waals surface area contributed by atoms with Crippen molar-refractivity contribution in [1.82, 2.24) is 19.6 Å². The number of nitrogens with zero attached hydrogens (tertiary/aromatic N) is 4. The van der Waals surface area contributed by atoms with Crippen molar-refractivity contribution in [2.75, 3.05) is 32.8 Å². The van der Waals surface area contributed by atoms with Crippen molar-refractivity contribution in [1.29, 1.82) is 0 Å². The summed E-state index contributed by atoms with van der Waals surface area (Å²) in [6.45, 7) is 1.54. The molecule has 0 spiro atoms. The molecule has 31 heavy (non-hydrogen) atoms. The number of halogens is 4. The van der Waals surface area contributed by atoms with E-state index in [4.69, 9.17) is 16.3 Å². The van der Waals surface area contributed by atoms with Gasteiger partial charge in [0.05, 0.1) is 10.7 Å². The number of hydrogen-bond donors (Lipinski definition) is 0. The van der Waals surface area contributed by atoms with Gasteiger partial charge < -0.3 is 14.5 Å². The number of alkyl halides is 3. The molecule has 166 valence electrons. The van der Waals surface area contributed by atoms with Crippen LogP contribution in [0.5, 0.6) is 0 Å². The maximum Gasteiger partial charge on any atom is 0.435 e. The molecule has 2 aromatic rings. The van der Waals surface area contributed by atoms with Gasteiger partial charge in [-0.15, -0.1) is 0 Å². The fourth-order valence-corrected chi connectivity index (χ4v) is 3.96. The highest BCUT2D eigenvalue weighted by Crippen LogP contribution is 2.31. The molecule has 1 aromatic heterocycles. The molecule has 2 aliphatic heterocycles. The number of piperazine rings is 1. The van der Waals surface area contributed by atoms with Gasteiger partial charge in [0, 0.05) is 38.9 Å². The highest BCUT2D eigenvalue weighted by molar-refractivity contribution is 6.32. The van der Waals surface area contributed by atoms with Crippen LogP contribution >= 0.6 is 11.6 Å². The van der Waals surface area contributed by atoms with E-state index in [0.717, 1.165) is 17.2 Å². The molecular weight excluding hydrogens is 437 g/mol. The van der Waals surface area contributed by atoms with Crippen LogP contribution in [-0.2, 0) is 15.7 Å². The van der Waals surface area contributed by atoms with Crippen LogP contribution < -0.4 is 0 Å². The molecule has 2 amide bonds. The third-order valence-electron chi connectivity index (χ3n) is 5.38. The molecule has 2 aliphatic rings. The number of aromatic nitrogens is 2. The summed E-state index contributed by atoms with van der Waals surface area (Å²) in [6, 6.07) is 6.96. The summed E-state index contributed by atoms with van der Waals surface area (Å²) in [4.78, 5) is 28.6. The Labute approximate surface area is 181 Å². The number of carbonyl (C=O) groups is 2. The topological polar surface area (TPSA) is 67.7 Å². The molecular formula is C20H20ClF3N4O3. The van der Waals surface area contributed by atoms with Gasteiger partial charge in [0.2, 0.25) is 0 Å². The Morgan fingerprint density at radius 1 is 1.10 bits per heavy atom. The maximum atomic E-state index is 13.3. The van der Waals surface area contributed by atoms with Crippen molar-refractivity contribution in [3.63, 3.8) is 0 Å². The molecule has 3 heterocycles. The zero-order valence-electron chi connectivity index (χ0n) is 16.4. The van der Waals surface area contributed by atoms with Crippen LogP contribution in [0.2, 0.25) is 5.02 Å². The predicted molar refractivity (Wildman–Crippen MR) is 105 cm³/mol. The molecule has 1 atom stereocenters. The van der Waals surface area contributed by atoms with E-state index >= 15 is 0 Å². The average molecular weight is 457 g/mol. The van der Waals surface area contributed by atoms with Crippen LogP contribution in [0.4, 0.5) is 13.2 Å². The first-order valence-corrected chi connectivity index (χ1v) is 10.3. The normalized spacial score (nSPS) is 19.7. The van der Waals surface area contributed by atoms with Gasteiger partial charge >= 0.3 is 6.18 Å². The fraction of sp³-hybridized carbons (Fsp3) is 0.450. The molecule has 11 heteroatoms. The second-order valence-corrected chi connectivity index (χ2v) is 7.80. The fourth-order valence-electron chi connectivity index (χ4n) is 3.75. The molecule has 1 unspecified atom stereocenters. The minimum absolute atomic E-state index is 0.106. The average Bonchev–Trinajstić information content (AvgIpc) is 3.43. The van der Waals surface area contributed by atoms with Gasteiger partial charge in [-0.2, -0.15) is 18.3 Å². The number of rotatable bonds is 3. The zero-order chi connectivity index (χ0) is 22.2. The van der Waals surface area contributed by atoms with Crippen molar-refractivity contribution in [2.45, 2.75) is 25.1 Å². The highest BCUT2D eigenvalue weighted by Gasteiger charge is 2.38. The van der Waals surface area contributed by atoms with Gasteiger partial charge in [-0.3, -0.25) is 9.59 Å². The summed E-state index contributed by atoms with van der Waals surface area (Å²) in [5, 5.41) is 3.77. The monoisotopic (exact) mass is 456 g/mol. The molecule has 2 fully saturated rings. The Kier molecular flexibility index (Phi) is 5.94. The van der Waals surface area contributed by atoms with Gasteiger partial charge in [0.25, 0.3) is 11.8 Å². The van der Waals surface area contributed by atoms with Gasteiger partial charge in [0.15, 0.2) is 5.69 Å². The van der Waals surface area contributed by atoms with Crippen molar-refractivity contribution in [3.05, 3.63) is 46.7 Å². The standard InChI is InChI=1S/C20H20ClF3N4O3/c21-13-4-1-2-5-14(13)28-15(12-17(25-28)20(22,23)24)18(29)26-7-9-27(10-8-26)19(30)16-6-3-11-31-16/h1-2,4-5,12,16H,3,6-11H2. The molecule has 2 saturated heterocycles. The smallest absolute Gasteiger partial charge is 0.368 e. The van der Waals surface area contributed by atoms with Crippen LogP contribution in [0.3, 0.4) is 0 Å². The van der Waals surface area contributed by atoms with E-state index < -0.39 is 23.9 Å². The van der Waals surface area contributed by atoms with E-state index in [2.05, 4.69) is 5.10 Å². The molecule has 0 aliphatic carbocycles. The highest BCUT2D eigenvalue weighted by atomic mass is 35.5. The van der Waals surface area contributed by atoms with Gasteiger partial charge in [-0.25, -0.2) is 4.68 Å². The minimum atomic E-state index is -4.71. The first kappa shape index (κ1) is 21.6. The maximum absolute atomic E-state index is 13.3.